The standard InChI is InChI=1S/C16H19N5S2/c1-13-8-11-22-15(13)12-17-9-5-10-23-16-18-19-20-21(16)14-6-3-2-4-7-14/h2-4,6-8,11,17H,5,9-10,12H2,1H3. The van der Waals surface area contributed by atoms with E-state index >= 15 is 0 Å². The first kappa shape index (κ1) is 16.2. The fraction of sp³-hybridized carbons (Fsp3) is 0.312. The molecule has 0 atom stereocenters. The zero-order valence-electron chi connectivity index (χ0n) is 13.0. The summed E-state index contributed by atoms with van der Waals surface area (Å²) in [6, 6.07) is 12.1. The average Bonchev–Trinajstić information content (AvgIpc) is 3.21. The van der Waals surface area contributed by atoms with Crippen LogP contribution < -0.4 is 5.32 Å². The van der Waals surface area contributed by atoms with Crippen molar-refractivity contribution in [3.05, 3.63) is 52.2 Å². The smallest absolute Gasteiger partial charge is 0.214 e. The summed E-state index contributed by atoms with van der Waals surface area (Å²) in [5, 5.41) is 18.4. The third-order valence-electron chi connectivity index (χ3n) is 3.42. The third kappa shape index (κ3) is 4.40. The molecule has 0 aliphatic heterocycles. The third-order valence-corrected chi connectivity index (χ3v) is 5.45. The van der Waals surface area contributed by atoms with Gasteiger partial charge in [0.15, 0.2) is 0 Å². The molecule has 0 unspecified atom stereocenters. The molecule has 0 aliphatic carbocycles. The number of aryl methyl sites for hydroxylation is 1. The molecule has 3 aromatic rings. The van der Waals surface area contributed by atoms with Crippen LogP contribution in [-0.2, 0) is 6.54 Å². The van der Waals surface area contributed by atoms with E-state index in [2.05, 4.69) is 39.2 Å². The zero-order chi connectivity index (χ0) is 15.9. The normalized spacial score (nSPS) is 11.0. The Bertz CT molecular complexity index is 723. The van der Waals surface area contributed by atoms with Gasteiger partial charge in [0.2, 0.25) is 5.16 Å². The molecule has 0 aliphatic rings. The highest BCUT2D eigenvalue weighted by atomic mass is 32.2. The van der Waals surface area contributed by atoms with Gasteiger partial charge in [0.1, 0.15) is 0 Å². The summed E-state index contributed by atoms with van der Waals surface area (Å²) in [5.74, 6) is 0.990. The molecule has 2 heterocycles. The molecule has 7 heteroatoms. The van der Waals surface area contributed by atoms with Gasteiger partial charge in [0.05, 0.1) is 5.69 Å². The molecule has 0 saturated carbocycles. The number of aromatic nitrogens is 4. The Morgan fingerprint density at radius 1 is 1.22 bits per heavy atom. The molecule has 0 radical (unpaired) electrons. The van der Waals surface area contributed by atoms with Gasteiger partial charge >= 0.3 is 0 Å². The topological polar surface area (TPSA) is 55.6 Å². The Morgan fingerprint density at radius 3 is 2.87 bits per heavy atom. The fourth-order valence-electron chi connectivity index (χ4n) is 2.15. The van der Waals surface area contributed by atoms with Gasteiger partial charge in [-0.2, -0.15) is 4.68 Å². The van der Waals surface area contributed by atoms with E-state index < -0.39 is 0 Å². The minimum absolute atomic E-state index is 0.838. The summed E-state index contributed by atoms with van der Waals surface area (Å²) in [5.41, 5.74) is 2.37. The van der Waals surface area contributed by atoms with Crippen LogP contribution in [0.5, 0.6) is 0 Å². The molecule has 5 nitrogen and oxygen atoms in total. The minimum atomic E-state index is 0.838. The Balaban J connectivity index is 1.42. The van der Waals surface area contributed by atoms with Crippen molar-refractivity contribution in [1.29, 1.82) is 0 Å². The van der Waals surface area contributed by atoms with E-state index in [0.29, 0.717) is 0 Å². The fourth-order valence-corrected chi connectivity index (χ4v) is 3.85. The second-order valence-electron chi connectivity index (χ2n) is 5.11. The van der Waals surface area contributed by atoms with Crippen molar-refractivity contribution < 1.29 is 0 Å². The van der Waals surface area contributed by atoms with Gasteiger partial charge in [-0.05, 0) is 59.5 Å². The molecule has 0 saturated heterocycles. The van der Waals surface area contributed by atoms with Crippen molar-refractivity contribution in [2.75, 3.05) is 12.3 Å². The first-order chi connectivity index (χ1) is 11.3. The van der Waals surface area contributed by atoms with E-state index in [1.807, 2.05) is 41.7 Å². The van der Waals surface area contributed by atoms with Gasteiger partial charge < -0.3 is 5.32 Å². The Labute approximate surface area is 144 Å². The van der Waals surface area contributed by atoms with Crippen LogP contribution in [-0.4, -0.2) is 32.5 Å². The Kier molecular flexibility index (Phi) is 5.79. The number of thiophene rings is 1. The quantitative estimate of drug-likeness (QED) is 0.501. The number of rotatable bonds is 8. The van der Waals surface area contributed by atoms with Crippen molar-refractivity contribution in [2.24, 2.45) is 0 Å². The van der Waals surface area contributed by atoms with Crippen molar-refractivity contribution >= 4 is 23.1 Å². The van der Waals surface area contributed by atoms with E-state index in [4.69, 9.17) is 0 Å². The van der Waals surface area contributed by atoms with E-state index in [1.165, 1.54) is 10.4 Å². The van der Waals surface area contributed by atoms with E-state index in [9.17, 15) is 0 Å². The molecule has 0 spiro atoms. The number of thioether (sulfide) groups is 1. The van der Waals surface area contributed by atoms with Gasteiger partial charge in [0.25, 0.3) is 0 Å². The average molecular weight is 345 g/mol. The van der Waals surface area contributed by atoms with E-state index in [-0.39, 0.29) is 0 Å². The predicted octanol–water partition coefficient (Wildman–Crippen LogP) is 3.30. The van der Waals surface area contributed by atoms with Crippen molar-refractivity contribution in [3.63, 3.8) is 0 Å². The highest BCUT2D eigenvalue weighted by molar-refractivity contribution is 7.99. The summed E-state index contributed by atoms with van der Waals surface area (Å²) in [6.07, 6.45) is 1.08. The van der Waals surface area contributed by atoms with Gasteiger partial charge in [-0.15, -0.1) is 16.4 Å². The van der Waals surface area contributed by atoms with Gasteiger partial charge in [-0.3, -0.25) is 0 Å². The summed E-state index contributed by atoms with van der Waals surface area (Å²) in [4.78, 5) is 1.42. The second kappa shape index (κ2) is 8.24. The van der Waals surface area contributed by atoms with E-state index in [0.717, 1.165) is 36.1 Å². The Morgan fingerprint density at radius 2 is 2.09 bits per heavy atom. The number of tetrazole rings is 1. The molecule has 2 aromatic heterocycles. The molecule has 0 amide bonds. The SMILES string of the molecule is Cc1ccsc1CNCCCSc1nnnn1-c1ccccc1. The van der Waals surface area contributed by atoms with Gasteiger partial charge in [0, 0.05) is 17.2 Å². The van der Waals surface area contributed by atoms with Gasteiger partial charge in [-0.1, -0.05) is 30.0 Å². The van der Waals surface area contributed by atoms with Crippen LogP contribution >= 0.6 is 23.1 Å². The van der Waals surface area contributed by atoms with Crippen LogP contribution in [0.15, 0.2) is 46.9 Å². The lowest BCUT2D eigenvalue weighted by atomic mass is 10.3. The number of hydrogen-bond donors (Lipinski definition) is 1. The predicted molar refractivity (Wildman–Crippen MR) is 95.3 cm³/mol. The number of hydrogen-bond acceptors (Lipinski definition) is 6. The molecule has 1 aromatic carbocycles. The number of para-hydroxylation sites is 1. The molecule has 1 N–H and O–H groups in total. The maximum atomic E-state index is 4.11. The summed E-state index contributed by atoms with van der Waals surface area (Å²) >= 11 is 3.50. The lowest BCUT2D eigenvalue weighted by Gasteiger charge is -2.05. The first-order valence-electron chi connectivity index (χ1n) is 7.55. The maximum Gasteiger partial charge on any atom is 0.214 e. The highest BCUT2D eigenvalue weighted by Gasteiger charge is 2.08. The maximum absolute atomic E-state index is 4.11. The first-order valence-corrected chi connectivity index (χ1v) is 9.41. The van der Waals surface area contributed by atoms with Crippen LogP contribution in [0.2, 0.25) is 0 Å². The van der Waals surface area contributed by atoms with Crippen LogP contribution in [0.1, 0.15) is 16.9 Å². The lowest BCUT2D eigenvalue weighted by Crippen LogP contribution is -2.15. The number of nitrogens with zero attached hydrogens (tertiary/aromatic N) is 4. The van der Waals surface area contributed by atoms with Crippen LogP contribution in [0.3, 0.4) is 0 Å². The lowest BCUT2D eigenvalue weighted by molar-refractivity contribution is 0.682. The van der Waals surface area contributed by atoms with Crippen LogP contribution in [0.25, 0.3) is 5.69 Å². The summed E-state index contributed by atoms with van der Waals surface area (Å²) in [7, 11) is 0. The highest BCUT2D eigenvalue weighted by Crippen LogP contribution is 2.18. The summed E-state index contributed by atoms with van der Waals surface area (Å²) < 4.78 is 1.78. The summed E-state index contributed by atoms with van der Waals surface area (Å²) in [6.45, 7) is 4.11. The molecule has 0 bridgehead atoms. The van der Waals surface area contributed by atoms with Crippen molar-refractivity contribution in [1.82, 2.24) is 25.5 Å². The molecule has 120 valence electrons. The largest absolute Gasteiger partial charge is 0.312 e. The second-order valence-corrected chi connectivity index (χ2v) is 7.18. The molecule has 3 rings (SSSR count). The zero-order valence-corrected chi connectivity index (χ0v) is 14.6. The molecular weight excluding hydrogens is 326 g/mol. The van der Waals surface area contributed by atoms with Crippen LogP contribution in [0, 0.1) is 6.92 Å². The monoisotopic (exact) mass is 345 g/mol. The molecule has 0 fully saturated rings. The van der Waals surface area contributed by atoms with Crippen molar-refractivity contribution in [3.8, 4) is 5.69 Å². The Hall–Kier alpha value is -1.70. The molecule has 23 heavy (non-hydrogen) atoms. The van der Waals surface area contributed by atoms with Crippen molar-refractivity contribution in [2.45, 2.75) is 25.0 Å². The van der Waals surface area contributed by atoms with Crippen LogP contribution in [0.4, 0.5) is 0 Å². The van der Waals surface area contributed by atoms with Gasteiger partial charge in [-0.25, -0.2) is 0 Å². The number of benzene rings is 1. The number of nitrogens with one attached hydrogen (secondary N) is 1. The van der Waals surface area contributed by atoms with E-state index in [1.54, 1.807) is 16.4 Å². The molecular formula is C16H19N5S2. The minimum Gasteiger partial charge on any atom is -0.312 e.